The molecule has 1 aliphatic carbocycles. The Labute approximate surface area is 173 Å². The first-order chi connectivity index (χ1) is 13.7. The number of piperidine rings is 1. The van der Waals surface area contributed by atoms with Crippen LogP contribution >= 0.6 is 0 Å². The molecule has 3 fully saturated rings. The van der Waals surface area contributed by atoms with E-state index >= 15 is 0 Å². The van der Waals surface area contributed by atoms with E-state index in [9.17, 15) is 14.4 Å². The number of hydrogen-bond acceptors (Lipinski definition) is 5. The van der Waals surface area contributed by atoms with Gasteiger partial charge < -0.3 is 19.7 Å². The molecule has 0 aromatic carbocycles. The van der Waals surface area contributed by atoms with Crippen LogP contribution in [0.3, 0.4) is 0 Å². The average Bonchev–Trinajstić information content (AvgIpc) is 2.93. The highest BCUT2D eigenvalue weighted by atomic mass is 16.6. The van der Waals surface area contributed by atoms with Gasteiger partial charge in [-0.15, -0.1) is 0 Å². The van der Waals surface area contributed by atoms with Gasteiger partial charge in [-0.25, -0.2) is 9.59 Å². The van der Waals surface area contributed by atoms with Gasteiger partial charge >= 0.3 is 12.1 Å². The molecule has 0 spiro atoms. The molecule has 7 nitrogen and oxygen atoms in total. The lowest BCUT2D eigenvalue weighted by molar-refractivity contribution is -0.147. The van der Waals surface area contributed by atoms with Gasteiger partial charge in [-0.3, -0.25) is 4.79 Å². The van der Waals surface area contributed by atoms with Gasteiger partial charge in [0, 0.05) is 18.0 Å². The van der Waals surface area contributed by atoms with E-state index in [4.69, 9.17) is 9.47 Å². The first-order valence-corrected chi connectivity index (χ1v) is 11.1. The summed E-state index contributed by atoms with van der Waals surface area (Å²) in [4.78, 5) is 40.0. The number of fused-ring (bicyclic) bond motifs is 2. The summed E-state index contributed by atoms with van der Waals surface area (Å²) in [6.45, 7) is 5.36. The van der Waals surface area contributed by atoms with Crippen LogP contribution < -0.4 is 5.32 Å². The first-order valence-electron chi connectivity index (χ1n) is 11.1. The maximum atomic E-state index is 13.2. The largest absolute Gasteiger partial charge is 0.467 e. The Morgan fingerprint density at radius 1 is 0.966 bits per heavy atom. The van der Waals surface area contributed by atoms with Gasteiger partial charge in [-0.05, 0) is 65.2 Å². The topological polar surface area (TPSA) is 84.9 Å². The minimum Gasteiger partial charge on any atom is -0.467 e. The number of hydrogen-bond donors (Lipinski definition) is 1. The number of nitrogens with zero attached hydrogens (tertiary/aromatic N) is 1. The summed E-state index contributed by atoms with van der Waals surface area (Å²) in [7, 11) is 1.34. The Kier molecular flexibility index (Phi) is 6.74. The van der Waals surface area contributed by atoms with Crippen molar-refractivity contribution in [1.29, 1.82) is 0 Å². The van der Waals surface area contributed by atoms with Crippen molar-refractivity contribution in [1.82, 2.24) is 10.2 Å². The summed E-state index contributed by atoms with van der Waals surface area (Å²) in [5, 5.41) is 2.73. The number of rotatable bonds is 4. The van der Waals surface area contributed by atoms with Gasteiger partial charge in [0.25, 0.3) is 0 Å². The summed E-state index contributed by atoms with van der Waals surface area (Å²) in [5.74, 6) is -0.0275. The van der Waals surface area contributed by atoms with Crippen LogP contribution in [-0.2, 0) is 19.1 Å². The first kappa shape index (κ1) is 21.9. The van der Waals surface area contributed by atoms with Crippen molar-refractivity contribution in [2.24, 2.45) is 11.8 Å². The number of methoxy groups -OCH3 is 1. The van der Waals surface area contributed by atoms with Crippen LogP contribution in [0.1, 0.15) is 78.6 Å². The molecule has 3 aliphatic rings. The van der Waals surface area contributed by atoms with Crippen LogP contribution in [0.4, 0.5) is 4.79 Å². The predicted octanol–water partition coefficient (Wildman–Crippen LogP) is 3.40. The normalized spacial score (nSPS) is 28.6. The van der Waals surface area contributed by atoms with Crippen molar-refractivity contribution in [3.63, 3.8) is 0 Å². The summed E-state index contributed by atoms with van der Waals surface area (Å²) >= 11 is 0. The summed E-state index contributed by atoms with van der Waals surface area (Å²) in [6.07, 6.45) is 8.29. The monoisotopic (exact) mass is 408 g/mol. The van der Waals surface area contributed by atoms with Gasteiger partial charge in [0.15, 0.2) is 0 Å². The molecule has 1 N–H and O–H groups in total. The summed E-state index contributed by atoms with van der Waals surface area (Å²) in [5.41, 5.74) is -0.639. The molecule has 2 bridgehead atoms. The molecule has 0 radical (unpaired) electrons. The molecule has 7 heteroatoms. The Balaban J connectivity index is 1.67. The number of nitrogens with one attached hydrogen (secondary N) is 1. The van der Waals surface area contributed by atoms with Crippen LogP contribution in [0, 0.1) is 11.8 Å². The number of carbonyl (C=O) groups excluding carboxylic acids is 3. The zero-order valence-electron chi connectivity index (χ0n) is 18.2. The molecule has 3 atom stereocenters. The van der Waals surface area contributed by atoms with E-state index in [1.54, 1.807) is 20.8 Å². The highest BCUT2D eigenvalue weighted by Gasteiger charge is 2.48. The average molecular weight is 409 g/mol. The van der Waals surface area contributed by atoms with Crippen molar-refractivity contribution in [2.45, 2.75) is 102 Å². The molecule has 2 unspecified atom stereocenters. The second-order valence-corrected chi connectivity index (χ2v) is 9.84. The minimum absolute atomic E-state index is 0.0529. The molecular weight excluding hydrogens is 372 g/mol. The van der Waals surface area contributed by atoms with E-state index < -0.39 is 23.7 Å². The number of alkyl carbamates (subject to hydrolysis) is 1. The molecule has 0 aromatic heterocycles. The fourth-order valence-corrected chi connectivity index (χ4v) is 5.34. The smallest absolute Gasteiger partial charge is 0.408 e. The number of carbonyl (C=O) groups is 3. The number of amides is 2. The third-order valence-corrected chi connectivity index (χ3v) is 6.58. The Morgan fingerprint density at radius 2 is 1.55 bits per heavy atom. The molecule has 0 aromatic rings. The van der Waals surface area contributed by atoms with Crippen LogP contribution in [0.25, 0.3) is 0 Å². The molecule has 2 saturated heterocycles. The van der Waals surface area contributed by atoms with E-state index in [0.717, 1.165) is 38.5 Å². The Hall–Kier alpha value is -1.79. The highest BCUT2D eigenvalue weighted by molar-refractivity contribution is 5.82. The SMILES string of the molecule is COC(=O)[C@@H](NC(=O)OC(C)(C)C)C1CC2CCC(C1)N2C(=O)C1CCCCC1. The summed E-state index contributed by atoms with van der Waals surface area (Å²) in [6, 6.07) is -0.438. The highest BCUT2D eigenvalue weighted by Crippen LogP contribution is 2.42. The molecule has 2 amide bonds. The lowest BCUT2D eigenvalue weighted by atomic mass is 9.82. The van der Waals surface area contributed by atoms with Crippen LogP contribution in [-0.4, -0.2) is 53.7 Å². The third-order valence-electron chi connectivity index (χ3n) is 6.58. The predicted molar refractivity (Wildman–Crippen MR) is 108 cm³/mol. The van der Waals surface area contributed by atoms with E-state index in [-0.39, 0.29) is 23.9 Å². The number of ether oxygens (including phenoxy) is 2. The van der Waals surface area contributed by atoms with E-state index in [0.29, 0.717) is 18.7 Å². The molecule has 2 aliphatic heterocycles. The van der Waals surface area contributed by atoms with Crippen molar-refractivity contribution in [3.05, 3.63) is 0 Å². The molecule has 164 valence electrons. The van der Waals surface area contributed by atoms with Crippen molar-refractivity contribution >= 4 is 18.0 Å². The zero-order chi connectivity index (χ0) is 21.2. The van der Waals surface area contributed by atoms with E-state index in [1.807, 2.05) is 0 Å². The number of esters is 1. The Bertz CT molecular complexity index is 609. The zero-order valence-corrected chi connectivity index (χ0v) is 18.2. The van der Waals surface area contributed by atoms with Crippen molar-refractivity contribution < 1.29 is 23.9 Å². The lowest BCUT2D eigenvalue weighted by Crippen LogP contribution is -2.55. The van der Waals surface area contributed by atoms with Gasteiger partial charge in [0.2, 0.25) is 5.91 Å². The van der Waals surface area contributed by atoms with Gasteiger partial charge in [0.1, 0.15) is 11.6 Å². The quantitative estimate of drug-likeness (QED) is 0.721. The Morgan fingerprint density at radius 3 is 2.07 bits per heavy atom. The molecule has 1 saturated carbocycles. The summed E-state index contributed by atoms with van der Waals surface area (Å²) < 4.78 is 10.3. The third kappa shape index (κ3) is 5.23. The molecular formula is C22H36N2O5. The minimum atomic E-state index is -0.745. The molecule has 29 heavy (non-hydrogen) atoms. The standard InChI is InChI=1S/C22H36N2O5/c1-22(2,3)29-21(27)23-18(20(26)28-4)15-12-16-10-11-17(13-15)24(16)19(25)14-8-6-5-7-9-14/h14-18H,5-13H2,1-4H3,(H,23,27)/t15?,16?,17?,18-/m0/s1. The van der Waals surface area contributed by atoms with E-state index in [1.165, 1.54) is 13.5 Å². The maximum Gasteiger partial charge on any atom is 0.408 e. The van der Waals surface area contributed by atoms with Gasteiger partial charge in [0.05, 0.1) is 7.11 Å². The van der Waals surface area contributed by atoms with Crippen LogP contribution in [0.15, 0.2) is 0 Å². The molecule has 2 heterocycles. The van der Waals surface area contributed by atoms with Gasteiger partial charge in [-0.2, -0.15) is 0 Å². The van der Waals surface area contributed by atoms with Crippen molar-refractivity contribution in [3.8, 4) is 0 Å². The second-order valence-electron chi connectivity index (χ2n) is 9.84. The molecule has 3 rings (SSSR count). The van der Waals surface area contributed by atoms with Crippen molar-refractivity contribution in [2.75, 3.05) is 7.11 Å². The second kappa shape index (κ2) is 8.92. The fraction of sp³-hybridized carbons (Fsp3) is 0.864. The van der Waals surface area contributed by atoms with Crippen LogP contribution in [0.5, 0.6) is 0 Å². The maximum absolute atomic E-state index is 13.2. The lowest BCUT2D eigenvalue weighted by Gasteiger charge is -2.42. The fourth-order valence-electron chi connectivity index (χ4n) is 5.34. The van der Waals surface area contributed by atoms with E-state index in [2.05, 4.69) is 10.2 Å². The van der Waals surface area contributed by atoms with Crippen LogP contribution in [0.2, 0.25) is 0 Å². The van der Waals surface area contributed by atoms with Gasteiger partial charge in [-0.1, -0.05) is 19.3 Å².